The van der Waals surface area contributed by atoms with Crippen molar-refractivity contribution in [2.24, 2.45) is 0 Å². The smallest absolute Gasteiger partial charge is 0.416 e. The van der Waals surface area contributed by atoms with Crippen LogP contribution in [0.15, 0.2) is 72.9 Å². The van der Waals surface area contributed by atoms with Crippen LogP contribution in [0.2, 0.25) is 0 Å². The molecule has 2 heterocycles. The van der Waals surface area contributed by atoms with Crippen LogP contribution in [0.3, 0.4) is 0 Å². The van der Waals surface area contributed by atoms with E-state index >= 15 is 0 Å². The van der Waals surface area contributed by atoms with Gasteiger partial charge in [-0.3, -0.25) is 0 Å². The number of halogens is 4. The Morgan fingerprint density at radius 2 is 1.69 bits per heavy atom. The van der Waals surface area contributed by atoms with Crippen molar-refractivity contribution in [2.75, 3.05) is 7.11 Å². The third-order valence-electron chi connectivity index (χ3n) is 5.65. The van der Waals surface area contributed by atoms with Crippen molar-refractivity contribution >= 4 is 21.8 Å². The Labute approximate surface area is 196 Å². The third kappa shape index (κ3) is 4.24. The van der Waals surface area contributed by atoms with Gasteiger partial charge in [-0.1, -0.05) is 6.07 Å². The summed E-state index contributed by atoms with van der Waals surface area (Å²) in [5, 5.41) is 16.3. The molecule has 0 fully saturated rings. The zero-order chi connectivity index (χ0) is 24.0. The molecular weight excluding hydrogens is 466 g/mol. The Kier molecular flexibility index (Phi) is 6.08. The van der Waals surface area contributed by atoms with Gasteiger partial charge in [-0.05, 0) is 60.7 Å². The SMILES string of the molecule is COc1ccc(C[n+]2cc3cccc(F)c3c3nn(-c4ccc(C(F)(F)F)cc4)c(O)c32)cc1.[OH-]. The first-order chi connectivity index (χ1) is 16.3. The van der Waals surface area contributed by atoms with Gasteiger partial charge in [-0.2, -0.15) is 27.5 Å². The van der Waals surface area contributed by atoms with E-state index in [9.17, 15) is 22.7 Å². The first-order valence-electron chi connectivity index (χ1n) is 10.3. The molecule has 3 aromatic carbocycles. The molecule has 0 aliphatic rings. The lowest BCUT2D eigenvalue weighted by molar-refractivity contribution is -0.661. The molecule has 0 bridgehead atoms. The van der Waals surface area contributed by atoms with Gasteiger partial charge in [0.2, 0.25) is 0 Å². The number of aromatic hydroxyl groups is 1. The van der Waals surface area contributed by atoms with Gasteiger partial charge in [0.05, 0.1) is 29.1 Å². The highest BCUT2D eigenvalue weighted by Gasteiger charge is 2.31. The minimum absolute atomic E-state index is 0. The molecule has 2 N–H and O–H groups in total. The first-order valence-corrected chi connectivity index (χ1v) is 10.3. The van der Waals surface area contributed by atoms with Gasteiger partial charge in [0, 0.05) is 5.56 Å². The third-order valence-corrected chi connectivity index (χ3v) is 5.65. The Morgan fingerprint density at radius 1 is 1.00 bits per heavy atom. The molecule has 0 aliphatic carbocycles. The summed E-state index contributed by atoms with van der Waals surface area (Å²) in [6, 6.07) is 16.2. The van der Waals surface area contributed by atoms with Crippen molar-refractivity contribution in [1.82, 2.24) is 9.78 Å². The number of pyridine rings is 1. The highest BCUT2D eigenvalue weighted by atomic mass is 19.4. The lowest BCUT2D eigenvalue weighted by atomic mass is 10.1. The van der Waals surface area contributed by atoms with Gasteiger partial charge in [-0.25, -0.2) is 4.39 Å². The minimum Gasteiger partial charge on any atom is -0.870 e. The fraction of sp³-hybridized carbons (Fsp3) is 0.120. The molecule has 0 saturated heterocycles. The molecule has 6 nitrogen and oxygen atoms in total. The normalized spacial score (nSPS) is 11.6. The van der Waals surface area contributed by atoms with Crippen LogP contribution in [0.25, 0.3) is 27.5 Å². The number of rotatable bonds is 4. The second-order valence-electron chi connectivity index (χ2n) is 7.79. The van der Waals surface area contributed by atoms with E-state index in [4.69, 9.17) is 4.74 Å². The van der Waals surface area contributed by atoms with Crippen molar-refractivity contribution in [3.8, 4) is 17.3 Å². The van der Waals surface area contributed by atoms with Crippen LogP contribution in [0.4, 0.5) is 17.6 Å². The van der Waals surface area contributed by atoms with E-state index in [1.54, 1.807) is 42.1 Å². The maximum Gasteiger partial charge on any atom is 0.416 e. The Morgan fingerprint density at radius 3 is 2.31 bits per heavy atom. The summed E-state index contributed by atoms with van der Waals surface area (Å²) in [7, 11) is 1.57. The van der Waals surface area contributed by atoms with E-state index in [1.165, 1.54) is 18.2 Å². The lowest BCUT2D eigenvalue weighted by Gasteiger charge is -2.07. The number of methoxy groups -OCH3 is 1. The first kappa shape index (κ1) is 24.0. The molecule has 0 atom stereocenters. The van der Waals surface area contributed by atoms with Crippen LogP contribution >= 0.6 is 0 Å². The van der Waals surface area contributed by atoms with E-state index in [-0.39, 0.29) is 33.5 Å². The summed E-state index contributed by atoms with van der Waals surface area (Å²) in [6.07, 6.45) is -2.78. The Hall–Kier alpha value is -4.18. The number of benzene rings is 3. The number of fused-ring (bicyclic) bond motifs is 3. The lowest BCUT2D eigenvalue weighted by Crippen LogP contribution is -2.34. The molecule has 5 aromatic rings. The van der Waals surface area contributed by atoms with Crippen molar-refractivity contribution in [1.29, 1.82) is 0 Å². The van der Waals surface area contributed by atoms with Crippen molar-refractivity contribution < 1.29 is 37.4 Å². The minimum atomic E-state index is -4.49. The van der Waals surface area contributed by atoms with Gasteiger partial charge < -0.3 is 15.3 Å². The zero-order valence-electron chi connectivity index (χ0n) is 18.3. The van der Waals surface area contributed by atoms with E-state index in [0.717, 1.165) is 22.4 Å². The van der Waals surface area contributed by atoms with Gasteiger partial charge in [0.1, 0.15) is 11.6 Å². The zero-order valence-corrected chi connectivity index (χ0v) is 18.3. The molecule has 0 unspecified atom stereocenters. The highest BCUT2D eigenvalue weighted by Crippen LogP contribution is 2.33. The number of ether oxygens (including phenoxy) is 1. The number of hydrogen-bond acceptors (Lipinski definition) is 4. The fourth-order valence-corrected chi connectivity index (χ4v) is 3.99. The molecule has 0 radical (unpaired) electrons. The topological polar surface area (TPSA) is 81.2 Å². The number of nitrogens with zero attached hydrogens (tertiary/aromatic N) is 3. The Balaban J connectivity index is 0.00000289. The molecule has 180 valence electrons. The van der Waals surface area contributed by atoms with Crippen LogP contribution in [0.1, 0.15) is 11.1 Å². The molecular formula is C25H19F4N3O3. The summed E-state index contributed by atoms with van der Waals surface area (Å²) in [5.41, 5.74) is 0.736. The van der Waals surface area contributed by atoms with E-state index in [2.05, 4.69) is 5.10 Å². The van der Waals surface area contributed by atoms with Crippen LogP contribution in [0, 0.1) is 5.82 Å². The maximum absolute atomic E-state index is 14.8. The fourth-order valence-electron chi connectivity index (χ4n) is 3.99. The molecule has 10 heteroatoms. The van der Waals surface area contributed by atoms with Crippen LogP contribution in [-0.4, -0.2) is 27.5 Å². The second-order valence-corrected chi connectivity index (χ2v) is 7.79. The number of alkyl halides is 3. The monoisotopic (exact) mass is 485 g/mol. The number of hydrogen-bond donors (Lipinski definition) is 1. The molecule has 0 spiro atoms. The largest absolute Gasteiger partial charge is 0.870 e. The predicted molar refractivity (Wildman–Crippen MR) is 119 cm³/mol. The Bertz CT molecular complexity index is 1510. The molecule has 2 aromatic heterocycles. The molecule has 0 amide bonds. The average molecular weight is 485 g/mol. The van der Waals surface area contributed by atoms with Crippen molar-refractivity contribution in [3.05, 3.63) is 89.9 Å². The summed E-state index contributed by atoms with van der Waals surface area (Å²) in [4.78, 5) is 0. The van der Waals surface area contributed by atoms with Gasteiger partial charge in [-0.15, -0.1) is 0 Å². The predicted octanol–water partition coefficient (Wildman–Crippen LogP) is 5.21. The van der Waals surface area contributed by atoms with Crippen LogP contribution in [-0.2, 0) is 12.7 Å². The summed E-state index contributed by atoms with van der Waals surface area (Å²) in [5.74, 6) is -0.137. The van der Waals surface area contributed by atoms with E-state index in [0.29, 0.717) is 17.7 Å². The molecule has 5 rings (SSSR count). The van der Waals surface area contributed by atoms with E-state index in [1.807, 2.05) is 12.1 Å². The van der Waals surface area contributed by atoms with Crippen molar-refractivity contribution in [2.45, 2.75) is 12.7 Å². The van der Waals surface area contributed by atoms with Crippen LogP contribution < -0.4 is 9.30 Å². The van der Waals surface area contributed by atoms with Gasteiger partial charge in [0.25, 0.3) is 11.4 Å². The van der Waals surface area contributed by atoms with Gasteiger partial charge >= 0.3 is 6.18 Å². The quantitative estimate of drug-likeness (QED) is 0.280. The van der Waals surface area contributed by atoms with Crippen molar-refractivity contribution in [3.63, 3.8) is 0 Å². The second kappa shape index (κ2) is 8.88. The highest BCUT2D eigenvalue weighted by molar-refractivity contribution is 6.03. The summed E-state index contributed by atoms with van der Waals surface area (Å²) < 4.78 is 61.8. The van der Waals surface area contributed by atoms with E-state index < -0.39 is 17.6 Å². The maximum atomic E-state index is 14.8. The molecule has 0 aliphatic heterocycles. The summed E-state index contributed by atoms with van der Waals surface area (Å²) in [6.45, 7) is 0.333. The summed E-state index contributed by atoms with van der Waals surface area (Å²) >= 11 is 0. The van der Waals surface area contributed by atoms with Crippen LogP contribution in [0.5, 0.6) is 11.6 Å². The standard InChI is InChI=1S/C25H17F4N3O2.H2O/c1-34-19-11-5-15(6-12-19)13-31-14-16-3-2-4-20(26)21(16)22-23(31)24(33)32(30-22)18-9-7-17(8-10-18)25(27,28)29;/h2-12,14H,13H2,1H3;1H2. The van der Waals surface area contributed by atoms with Gasteiger partial charge in [0.15, 0.2) is 18.3 Å². The molecule has 0 saturated carbocycles. The average Bonchev–Trinajstić information content (AvgIpc) is 3.16. The number of aromatic nitrogens is 3. The molecule has 35 heavy (non-hydrogen) atoms.